The Morgan fingerprint density at radius 1 is 1.14 bits per heavy atom. The van der Waals surface area contributed by atoms with Crippen molar-refractivity contribution in [2.45, 2.75) is 44.9 Å². The van der Waals surface area contributed by atoms with E-state index in [1.165, 1.54) is 10.4 Å². The molecule has 0 radical (unpaired) electrons. The molecular weight excluding hydrogens is 388 g/mol. The van der Waals surface area contributed by atoms with E-state index in [1.807, 2.05) is 32.0 Å². The van der Waals surface area contributed by atoms with Crippen molar-refractivity contribution in [3.8, 4) is 5.75 Å². The Hall–Kier alpha value is -2.38. The van der Waals surface area contributed by atoms with Crippen molar-refractivity contribution in [3.05, 3.63) is 53.1 Å². The summed E-state index contributed by atoms with van der Waals surface area (Å²) >= 11 is 0. The molecule has 0 spiro atoms. The predicted molar refractivity (Wildman–Crippen MR) is 114 cm³/mol. The van der Waals surface area contributed by atoms with Gasteiger partial charge in [-0.3, -0.25) is 4.79 Å². The highest BCUT2D eigenvalue weighted by Crippen LogP contribution is 2.31. The zero-order valence-corrected chi connectivity index (χ0v) is 18.0. The topological polar surface area (TPSA) is 75.7 Å². The first-order chi connectivity index (χ1) is 13.9. The fraction of sp³-hybridized carbons (Fsp3) is 0.409. The van der Waals surface area contributed by atoms with Crippen LogP contribution in [-0.4, -0.2) is 38.3 Å². The number of para-hydroxylation sites is 1. The van der Waals surface area contributed by atoms with Gasteiger partial charge in [-0.15, -0.1) is 0 Å². The summed E-state index contributed by atoms with van der Waals surface area (Å²) in [5, 5.41) is 2.96. The van der Waals surface area contributed by atoms with Crippen LogP contribution < -0.4 is 10.1 Å². The number of carbonyl (C=O) groups excluding carboxylic acids is 1. The molecule has 1 amide bonds. The van der Waals surface area contributed by atoms with Gasteiger partial charge in [-0.1, -0.05) is 25.1 Å². The van der Waals surface area contributed by atoms with Crippen LogP contribution in [0.5, 0.6) is 5.75 Å². The first kappa shape index (κ1) is 21.3. The van der Waals surface area contributed by atoms with Crippen molar-refractivity contribution >= 4 is 21.6 Å². The number of anilines is 1. The minimum Gasteiger partial charge on any atom is -0.492 e. The molecule has 2 aromatic carbocycles. The standard InChI is InChI=1S/C22H28N2O4S/c1-4-17-10-8-9-16(3)21(17)23-22(25)18-11-12-19(28-5-2)20(15-18)29(26,27)24-13-6-7-14-24/h8-12,15H,4-7,13-14H2,1-3H3,(H,23,25). The molecule has 29 heavy (non-hydrogen) atoms. The molecule has 1 heterocycles. The Kier molecular flexibility index (Phi) is 6.59. The van der Waals surface area contributed by atoms with Gasteiger partial charge in [-0.2, -0.15) is 4.31 Å². The molecule has 0 unspecified atom stereocenters. The molecule has 0 aromatic heterocycles. The van der Waals surface area contributed by atoms with Crippen molar-refractivity contribution in [2.75, 3.05) is 25.0 Å². The summed E-state index contributed by atoms with van der Waals surface area (Å²) in [5.74, 6) is -0.0593. The number of nitrogens with one attached hydrogen (secondary N) is 1. The van der Waals surface area contributed by atoms with Crippen molar-refractivity contribution in [3.63, 3.8) is 0 Å². The van der Waals surface area contributed by atoms with E-state index in [0.29, 0.717) is 19.7 Å². The summed E-state index contributed by atoms with van der Waals surface area (Å²) in [6, 6.07) is 10.5. The van der Waals surface area contributed by atoms with Crippen LogP contribution in [0.2, 0.25) is 0 Å². The number of ether oxygens (including phenoxy) is 1. The quantitative estimate of drug-likeness (QED) is 0.740. The normalized spacial score (nSPS) is 14.7. The number of amides is 1. The highest BCUT2D eigenvalue weighted by molar-refractivity contribution is 7.89. The van der Waals surface area contributed by atoms with Crippen LogP contribution in [0.25, 0.3) is 0 Å². The number of sulfonamides is 1. The first-order valence-corrected chi connectivity index (χ1v) is 11.5. The highest BCUT2D eigenvalue weighted by atomic mass is 32.2. The summed E-state index contributed by atoms with van der Waals surface area (Å²) in [6.45, 7) is 7.10. The molecule has 0 bridgehead atoms. The monoisotopic (exact) mass is 416 g/mol. The largest absolute Gasteiger partial charge is 0.492 e. The predicted octanol–water partition coefficient (Wildman–Crippen LogP) is 3.99. The lowest BCUT2D eigenvalue weighted by Crippen LogP contribution is -2.28. The fourth-order valence-electron chi connectivity index (χ4n) is 3.58. The van der Waals surface area contributed by atoms with E-state index in [1.54, 1.807) is 19.1 Å². The van der Waals surface area contributed by atoms with Crippen molar-refractivity contribution < 1.29 is 17.9 Å². The van der Waals surface area contributed by atoms with Gasteiger partial charge in [0.1, 0.15) is 10.6 Å². The van der Waals surface area contributed by atoms with Crippen LogP contribution in [0.15, 0.2) is 41.3 Å². The fourth-order valence-corrected chi connectivity index (χ4v) is 5.26. The number of hydrogen-bond donors (Lipinski definition) is 1. The van der Waals surface area contributed by atoms with E-state index in [4.69, 9.17) is 4.74 Å². The second kappa shape index (κ2) is 8.97. The van der Waals surface area contributed by atoms with Gasteiger partial charge < -0.3 is 10.1 Å². The van der Waals surface area contributed by atoms with Gasteiger partial charge in [0.2, 0.25) is 10.0 Å². The summed E-state index contributed by atoms with van der Waals surface area (Å²) < 4.78 is 33.3. The Bertz CT molecular complexity index is 996. The lowest BCUT2D eigenvalue weighted by atomic mass is 10.1. The van der Waals surface area contributed by atoms with Gasteiger partial charge in [0, 0.05) is 24.3 Å². The first-order valence-electron chi connectivity index (χ1n) is 10.0. The highest BCUT2D eigenvalue weighted by Gasteiger charge is 2.31. The summed E-state index contributed by atoms with van der Waals surface area (Å²) in [6.07, 6.45) is 2.47. The molecule has 156 valence electrons. The summed E-state index contributed by atoms with van der Waals surface area (Å²) in [5.41, 5.74) is 3.07. The summed E-state index contributed by atoms with van der Waals surface area (Å²) in [4.78, 5) is 13.0. The van der Waals surface area contributed by atoms with Gasteiger partial charge in [-0.05, 0) is 62.4 Å². The number of nitrogens with zero attached hydrogens (tertiary/aromatic N) is 1. The Balaban J connectivity index is 1.97. The Morgan fingerprint density at radius 3 is 2.52 bits per heavy atom. The second-order valence-corrected chi connectivity index (χ2v) is 9.03. The van der Waals surface area contributed by atoms with Crippen LogP contribution in [0.1, 0.15) is 48.2 Å². The molecule has 1 aliphatic heterocycles. The van der Waals surface area contributed by atoms with Crippen LogP contribution in [-0.2, 0) is 16.4 Å². The average molecular weight is 417 g/mol. The number of benzene rings is 2. The van der Waals surface area contributed by atoms with Crippen molar-refractivity contribution in [1.82, 2.24) is 4.31 Å². The average Bonchev–Trinajstić information content (AvgIpc) is 3.25. The van der Waals surface area contributed by atoms with Crippen molar-refractivity contribution in [2.24, 2.45) is 0 Å². The molecule has 0 aliphatic carbocycles. The molecule has 0 atom stereocenters. The van der Waals surface area contributed by atoms with Gasteiger partial charge in [0.25, 0.3) is 5.91 Å². The lowest BCUT2D eigenvalue weighted by Gasteiger charge is -2.19. The van der Waals surface area contributed by atoms with Crippen molar-refractivity contribution in [1.29, 1.82) is 0 Å². The SMILES string of the molecule is CCOc1ccc(C(=O)Nc2c(C)cccc2CC)cc1S(=O)(=O)N1CCCC1. The van der Waals surface area contributed by atoms with E-state index in [-0.39, 0.29) is 22.1 Å². The molecule has 7 heteroatoms. The zero-order valence-electron chi connectivity index (χ0n) is 17.2. The van der Waals surface area contributed by atoms with E-state index in [2.05, 4.69) is 5.32 Å². The minimum atomic E-state index is -3.71. The third kappa shape index (κ3) is 4.46. The van der Waals surface area contributed by atoms with E-state index < -0.39 is 10.0 Å². The van der Waals surface area contributed by atoms with E-state index in [9.17, 15) is 13.2 Å². The van der Waals surface area contributed by atoms with Crippen LogP contribution in [0.4, 0.5) is 5.69 Å². The number of rotatable bonds is 7. The molecule has 1 fully saturated rings. The molecular formula is C22H28N2O4S. The van der Waals surface area contributed by atoms with Gasteiger partial charge in [0.05, 0.1) is 6.61 Å². The molecule has 3 rings (SSSR count). The number of hydrogen-bond acceptors (Lipinski definition) is 4. The molecule has 2 aromatic rings. The van der Waals surface area contributed by atoms with Gasteiger partial charge in [-0.25, -0.2) is 8.42 Å². The van der Waals surface area contributed by atoms with E-state index in [0.717, 1.165) is 36.1 Å². The van der Waals surface area contributed by atoms with Crippen LogP contribution >= 0.6 is 0 Å². The van der Waals surface area contributed by atoms with E-state index >= 15 is 0 Å². The van der Waals surface area contributed by atoms with Gasteiger partial charge >= 0.3 is 0 Å². The molecule has 0 saturated carbocycles. The smallest absolute Gasteiger partial charge is 0.255 e. The number of carbonyl (C=O) groups is 1. The Morgan fingerprint density at radius 2 is 1.86 bits per heavy atom. The molecule has 1 aliphatic rings. The minimum absolute atomic E-state index is 0.0504. The lowest BCUT2D eigenvalue weighted by molar-refractivity contribution is 0.102. The zero-order chi connectivity index (χ0) is 21.0. The molecule has 6 nitrogen and oxygen atoms in total. The van der Waals surface area contributed by atoms with Crippen LogP contribution in [0.3, 0.4) is 0 Å². The maximum Gasteiger partial charge on any atom is 0.255 e. The maximum absolute atomic E-state index is 13.1. The number of aryl methyl sites for hydroxylation is 2. The summed E-state index contributed by atoms with van der Waals surface area (Å²) in [7, 11) is -3.71. The van der Waals surface area contributed by atoms with Gasteiger partial charge in [0.15, 0.2) is 0 Å². The molecule has 1 saturated heterocycles. The molecule has 1 N–H and O–H groups in total. The second-order valence-electron chi connectivity index (χ2n) is 7.12. The third-order valence-corrected chi connectivity index (χ3v) is 7.09. The Labute approximate surface area is 172 Å². The third-order valence-electron chi connectivity index (χ3n) is 5.17. The van der Waals surface area contributed by atoms with Crippen LogP contribution in [0, 0.1) is 6.92 Å². The maximum atomic E-state index is 13.1.